The van der Waals surface area contributed by atoms with E-state index in [9.17, 15) is 4.79 Å². The topological polar surface area (TPSA) is 42.8 Å². The van der Waals surface area contributed by atoms with Gasteiger partial charge in [0.1, 0.15) is 5.75 Å². The van der Waals surface area contributed by atoms with Gasteiger partial charge in [-0.1, -0.05) is 48.5 Å². The molecule has 0 unspecified atom stereocenters. The summed E-state index contributed by atoms with van der Waals surface area (Å²) >= 11 is 0. The summed E-state index contributed by atoms with van der Waals surface area (Å²) in [5, 5.41) is 2.87. The van der Waals surface area contributed by atoms with Gasteiger partial charge in [-0.05, 0) is 17.2 Å². The van der Waals surface area contributed by atoms with Crippen molar-refractivity contribution in [1.29, 1.82) is 0 Å². The van der Waals surface area contributed by atoms with Gasteiger partial charge in [0.2, 0.25) is 0 Å². The second-order valence-electron chi connectivity index (χ2n) is 5.87. The number of benzene rings is 2. The number of rotatable bonds is 8. The molecule has 0 saturated carbocycles. The summed E-state index contributed by atoms with van der Waals surface area (Å²) in [5.74, 6) is 0.686. The number of likely N-dealkylation sites (N-methyl/N-ethyl adjacent to an activating group) is 1. The number of carbonyl (C=O) groups is 1. The zero-order valence-electron chi connectivity index (χ0n) is 13.8. The minimum absolute atomic E-state index is 0.0502. The van der Waals surface area contributed by atoms with Crippen LogP contribution in [0.2, 0.25) is 0 Å². The Labute approximate surface area is 138 Å². The van der Waals surface area contributed by atoms with Crippen molar-refractivity contribution in [2.45, 2.75) is 6.42 Å². The molecular formula is C19H25N2O2+. The van der Waals surface area contributed by atoms with Crippen LogP contribution in [0.1, 0.15) is 11.1 Å². The van der Waals surface area contributed by atoms with Crippen LogP contribution in [0.3, 0.4) is 0 Å². The first-order valence-corrected chi connectivity index (χ1v) is 7.95. The molecule has 2 aromatic rings. The summed E-state index contributed by atoms with van der Waals surface area (Å²) in [6.45, 7) is 1.61. The number of carbonyl (C=O) groups excluding carboxylic acids is 1. The summed E-state index contributed by atoms with van der Waals surface area (Å²) in [6.07, 6.45) is 0.794. The third-order valence-corrected chi connectivity index (χ3v) is 3.52. The highest BCUT2D eigenvalue weighted by Crippen LogP contribution is 2.21. The highest BCUT2D eigenvalue weighted by molar-refractivity contribution is 5.77. The van der Waals surface area contributed by atoms with E-state index in [4.69, 9.17) is 4.74 Å². The summed E-state index contributed by atoms with van der Waals surface area (Å²) < 4.78 is 5.71. The van der Waals surface area contributed by atoms with E-state index in [1.807, 2.05) is 42.5 Å². The number of quaternary nitrogens is 1. The Bertz CT molecular complexity index is 612. The summed E-state index contributed by atoms with van der Waals surface area (Å²) in [5.41, 5.74) is 2.31. The van der Waals surface area contributed by atoms with Crippen molar-refractivity contribution < 1.29 is 14.4 Å². The van der Waals surface area contributed by atoms with Gasteiger partial charge in [-0.15, -0.1) is 0 Å². The molecule has 0 aliphatic carbocycles. The number of nitrogens with one attached hydrogen (secondary N) is 2. The lowest BCUT2D eigenvalue weighted by Gasteiger charge is -2.12. The van der Waals surface area contributed by atoms with Crippen molar-refractivity contribution in [1.82, 2.24) is 5.32 Å². The summed E-state index contributed by atoms with van der Waals surface area (Å²) in [4.78, 5) is 13.1. The van der Waals surface area contributed by atoms with Crippen LogP contribution in [0.4, 0.5) is 0 Å². The van der Waals surface area contributed by atoms with E-state index < -0.39 is 0 Å². The molecule has 1 amide bonds. The second-order valence-corrected chi connectivity index (χ2v) is 5.87. The Morgan fingerprint density at radius 3 is 2.48 bits per heavy atom. The lowest BCUT2D eigenvalue weighted by molar-refractivity contribution is -0.856. The highest BCUT2D eigenvalue weighted by Gasteiger charge is 2.07. The van der Waals surface area contributed by atoms with Crippen LogP contribution in [0.5, 0.6) is 5.75 Å². The summed E-state index contributed by atoms with van der Waals surface area (Å²) in [6, 6.07) is 18.1. The maximum absolute atomic E-state index is 11.8. The number of ether oxygens (including phenoxy) is 1. The van der Waals surface area contributed by atoms with Gasteiger partial charge in [-0.25, -0.2) is 0 Å². The molecule has 0 aliphatic rings. The molecule has 4 heteroatoms. The van der Waals surface area contributed by atoms with E-state index in [2.05, 4.69) is 31.5 Å². The first-order valence-electron chi connectivity index (χ1n) is 7.95. The zero-order valence-corrected chi connectivity index (χ0v) is 13.8. The fourth-order valence-electron chi connectivity index (χ4n) is 2.25. The van der Waals surface area contributed by atoms with Crippen molar-refractivity contribution in [3.8, 4) is 5.75 Å². The predicted molar refractivity (Wildman–Crippen MR) is 91.9 cm³/mol. The van der Waals surface area contributed by atoms with E-state index in [1.54, 1.807) is 0 Å². The van der Waals surface area contributed by atoms with Crippen molar-refractivity contribution in [3.63, 3.8) is 0 Å². The molecule has 23 heavy (non-hydrogen) atoms. The Hall–Kier alpha value is -2.33. The molecule has 2 aromatic carbocycles. The van der Waals surface area contributed by atoms with Gasteiger partial charge in [-0.2, -0.15) is 0 Å². The monoisotopic (exact) mass is 313 g/mol. The normalized spacial score (nSPS) is 10.6. The predicted octanol–water partition coefficient (Wildman–Crippen LogP) is 0.917. The molecule has 0 saturated heterocycles. The maximum Gasteiger partial charge on any atom is 0.258 e. The highest BCUT2D eigenvalue weighted by atomic mass is 16.5. The fraction of sp³-hybridized carbons (Fsp3) is 0.316. The van der Waals surface area contributed by atoms with Gasteiger partial charge in [0.15, 0.2) is 6.61 Å². The van der Waals surface area contributed by atoms with Crippen LogP contribution in [-0.2, 0) is 11.2 Å². The summed E-state index contributed by atoms with van der Waals surface area (Å²) in [7, 11) is 4.12. The first kappa shape index (κ1) is 17.0. The smallest absolute Gasteiger partial charge is 0.258 e. The van der Waals surface area contributed by atoms with Crippen LogP contribution < -0.4 is 15.0 Å². The molecule has 2 N–H and O–H groups in total. The van der Waals surface area contributed by atoms with Crippen LogP contribution in [0.25, 0.3) is 0 Å². The molecule has 0 bridgehead atoms. The molecule has 4 nitrogen and oxygen atoms in total. The molecule has 0 fully saturated rings. The number of hydrogen-bond acceptors (Lipinski definition) is 2. The van der Waals surface area contributed by atoms with E-state index >= 15 is 0 Å². The Balaban J connectivity index is 1.89. The number of hydrogen-bond donors (Lipinski definition) is 2. The third-order valence-electron chi connectivity index (χ3n) is 3.52. The first-order chi connectivity index (χ1) is 11.1. The molecule has 0 atom stereocenters. The molecule has 2 rings (SSSR count). The van der Waals surface area contributed by atoms with Crippen molar-refractivity contribution >= 4 is 5.91 Å². The van der Waals surface area contributed by atoms with E-state index in [0.29, 0.717) is 6.54 Å². The molecule has 0 heterocycles. The van der Waals surface area contributed by atoms with Gasteiger partial charge in [0.25, 0.3) is 5.91 Å². The lowest BCUT2D eigenvalue weighted by Crippen LogP contribution is -3.06. The average molecular weight is 313 g/mol. The van der Waals surface area contributed by atoms with Gasteiger partial charge < -0.3 is 15.0 Å². The third kappa shape index (κ3) is 6.12. The van der Waals surface area contributed by atoms with Crippen LogP contribution in [-0.4, -0.2) is 39.7 Å². The molecule has 0 radical (unpaired) electrons. The van der Waals surface area contributed by atoms with Gasteiger partial charge >= 0.3 is 0 Å². The Morgan fingerprint density at radius 1 is 1.04 bits per heavy atom. The molecular weight excluding hydrogens is 288 g/mol. The SMILES string of the molecule is C[NH+](C)CCNC(=O)COc1ccccc1Cc1ccccc1. The van der Waals surface area contributed by atoms with Crippen LogP contribution in [0, 0.1) is 0 Å². The lowest BCUT2D eigenvalue weighted by atomic mass is 10.0. The fourth-order valence-corrected chi connectivity index (χ4v) is 2.25. The van der Waals surface area contributed by atoms with Gasteiger partial charge in [0.05, 0.1) is 27.2 Å². The van der Waals surface area contributed by atoms with Crippen molar-refractivity contribution in [3.05, 3.63) is 65.7 Å². The van der Waals surface area contributed by atoms with E-state index in [1.165, 1.54) is 10.5 Å². The van der Waals surface area contributed by atoms with Crippen LogP contribution >= 0.6 is 0 Å². The number of para-hydroxylation sites is 1. The quantitative estimate of drug-likeness (QED) is 0.761. The Morgan fingerprint density at radius 2 is 1.74 bits per heavy atom. The average Bonchev–Trinajstić information content (AvgIpc) is 2.55. The van der Waals surface area contributed by atoms with Gasteiger partial charge in [-0.3, -0.25) is 4.79 Å². The molecule has 0 aliphatic heterocycles. The molecule has 0 aromatic heterocycles. The van der Waals surface area contributed by atoms with E-state index in [0.717, 1.165) is 24.3 Å². The minimum Gasteiger partial charge on any atom is -0.483 e. The molecule has 0 spiro atoms. The zero-order chi connectivity index (χ0) is 16.5. The minimum atomic E-state index is -0.0826. The largest absolute Gasteiger partial charge is 0.483 e. The maximum atomic E-state index is 11.8. The standard InChI is InChI=1S/C19H24N2O2/c1-21(2)13-12-20-19(22)15-23-18-11-7-6-10-17(18)14-16-8-4-3-5-9-16/h3-11H,12-15H2,1-2H3,(H,20,22)/p+1. The molecule has 122 valence electrons. The van der Waals surface area contributed by atoms with Crippen LogP contribution in [0.15, 0.2) is 54.6 Å². The van der Waals surface area contributed by atoms with Crippen molar-refractivity contribution in [2.24, 2.45) is 0 Å². The van der Waals surface area contributed by atoms with Gasteiger partial charge in [0, 0.05) is 6.42 Å². The number of amides is 1. The second kappa shape index (κ2) is 8.96. The van der Waals surface area contributed by atoms with Crippen molar-refractivity contribution in [2.75, 3.05) is 33.8 Å². The van der Waals surface area contributed by atoms with E-state index in [-0.39, 0.29) is 12.5 Å². The Kier molecular flexibility index (Phi) is 6.63.